The Labute approximate surface area is 410 Å². The minimum absolute atomic E-state index is 0.00435. The molecule has 68 heavy (non-hydrogen) atoms. The third kappa shape index (κ3) is 6.98. The fourth-order valence-corrected chi connectivity index (χ4v) is 15.3. The smallest absolute Gasteiger partial charge is 0.0775 e. The first-order valence-corrected chi connectivity index (χ1v) is 32.6. The van der Waals surface area contributed by atoms with Gasteiger partial charge in [-0.05, 0) is 81.7 Å². The van der Waals surface area contributed by atoms with Crippen molar-refractivity contribution in [3.05, 3.63) is 181 Å². The molecule has 2 heterocycles. The van der Waals surface area contributed by atoms with Gasteiger partial charge in [-0.2, -0.15) is 0 Å². The second-order valence-electron chi connectivity index (χ2n) is 21.8. The van der Waals surface area contributed by atoms with Crippen LogP contribution in [0.4, 0.5) is 34.1 Å². The van der Waals surface area contributed by atoms with Crippen LogP contribution in [0.2, 0.25) is 39.3 Å². The Morgan fingerprint density at radius 2 is 0.779 bits per heavy atom. The van der Waals surface area contributed by atoms with Crippen molar-refractivity contribution >= 4 is 156 Å². The van der Waals surface area contributed by atoms with Crippen LogP contribution >= 0.6 is 22.7 Å². The second kappa shape index (κ2) is 15.6. The van der Waals surface area contributed by atoms with Crippen LogP contribution in [0.1, 0.15) is 26.3 Å². The SMILES string of the molecule is CC(C)(C)c1cc2ccc3c(N(c4ccc([Si](C)(C)C)cc4)c4cccc5c4sc4ccccc45)cc(N(c4ccc([Si](C)(C)C)cc4)c4cccc5c4sc4ccccc45)c4ccc(c1)c2c34. The lowest BCUT2D eigenvalue weighted by atomic mass is 9.83. The molecule has 0 amide bonds. The highest BCUT2D eigenvalue weighted by Crippen LogP contribution is 2.54. The molecule has 2 aromatic heterocycles. The lowest BCUT2D eigenvalue weighted by Crippen LogP contribution is -2.37. The van der Waals surface area contributed by atoms with Crippen molar-refractivity contribution in [2.75, 3.05) is 9.80 Å². The van der Waals surface area contributed by atoms with Crippen molar-refractivity contribution in [3.8, 4) is 0 Å². The van der Waals surface area contributed by atoms with Crippen LogP contribution in [-0.4, -0.2) is 16.1 Å². The van der Waals surface area contributed by atoms with Gasteiger partial charge in [-0.15, -0.1) is 22.7 Å². The first-order chi connectivity index (χ1) is 32.6. The van der Waals surface area contributed by atoms with E-state index in [0.29, 0.717) is 0 Å². The maximum atomic E-state index is 2.59. The van der Waals surface area contributed by atoms with Gasteiger partial charge in [0.1, 0.15) is 0 Å². The van der Waals surface area contributed by atoms with Crippen LogP contribution in [0, 0.1) is 0 Å². The number of rotatable bonds is 8. The van der Waals surface area contributed by atoms with E-state index in [9.17, 15) is 0 Å². The van der Waals surface area contributed by atoms with Crippen molar-refractivity contribution in [3.63, 3.8) is 0 Å². The van der Waals surface area contributed by atoms with Crippen LogP contribution in [-0.2, 0) is 5.41 Å². The van der Waals surface area contributed by atoms with Gasteiger partial charge in [0.15, 0.2) is 0 Å². The summed E-state index contributed by atoms with van der Waals surface area (Å²) in [6.45, 7) is 21.6. The zero-order chi connectivity index (χ0) is 46.9. The van der Waals surface area contributed by atoms with Crippen LogP contribution in [0.25, 0.3) is 72.7 Å². The Balaban J connectivity index is 1.24. The van der Waals surface area contributed by atoms with Crippen molar-refractivity contribution in [2.24, 2.45) is 0 Å². The molecule has 0 saturated carbocycles. The average molecular weight is 949 g/mol. The van der Waals surface area contributed by atoms with E-state index in [1.54, 1.807) is 0 Å². The molecule has 0 unspecified atom stereocenters. The highest BCUT2D eigenvalue weighted by atomic mass is 32.1. The highest BCUT2D eigenvalue weighted by Gasteiger charge is 2.29. The van der Waals surface area contributed by atoms with Gasteiger partial charge in [-0.1, -0.05) is 192 Å². The van der Waals surface area contributed by atoms with Crippen molar-refractivity contribution in [1.29, 1.82) is 0 Å². The molecule has 6 heteroatoms. The molecular weight excluding hydrogens is 893 g/mol. The summed E-state index contributed by atoms with van der Waals surface area (Å²) in [4.78, 5) is 5.18. The number of fused-ring (bicyclic) bond motifs is 6. The Kier molecular flexibility index (Phi) is 9.89. The van der Waals surface area contributed by atoms with Crippen molar-refractivity contribution in [2.45, 2.75) is 65.5 Å². The average Bonchev–Trinajstić information content (AvgIpc) is 3.90. The molecule has 334 valence electrons. The molecule has 0 N–H and O–H groups in total. The van der Waals surface area contributed by atoms with E-state index < -0.39 is 16.1 Å². The van der Waals surface area contributed by atoms with Crippen LogP contribution in [0.5, 0.6) is 0 Å². The summed E-state index contributed by atoms with van der Waals surface area (Å²) < 4.78 is 5.19. The second-order valence-corrected chi connectivity index (χ2v) is 34.1. The van der Waals surface area contributed by atoms with Gasteiger partial charge >= 0.3 is 0 Å². The van der Waals surface area contributed by atoms with Crippen LogP contribution in [0.3, 0.4) is 0 Å². The van der Waals surface area contributed by atoms with E-state index in [-0.39, 0.29) is 5.41 Å². The summed E-state index contributed by atoms with van der Waals surface area (Å²) in [7, 11) is -3.18. The van der Waals surface area contributed by atoms with Crippen molar-refractivity contribution in [1.82, 2.24) is 0 Å². The Morgan fingerprint density at radius 1 is 0.368 bits per heavy atom. The number of thiophene rings is 2. The van der Waals surface area contributed by atoms with E-state index in [1.165, 1.54) is 111 Å². The van der Waals surface area contributed by atoms with Gasteiger partial charge in [-0.3, -0.25) is 0 Å². The van der Waals surface area contributed by atoms with E-state index in [4.69, 9.17) is 0 Å². The first-order valence-electron chi connectivity index (χ1n) is 24.0. The Morgan fingerprint density at radius 3 is 1.19 bits per heavy atom. The van der Waals surface area contributed by atoms with E-state index >= 15 is 0 Å². The van der Waals surface area contributed by atoms with E-state index in [0.717, 1.165) is 11.4 Å². The number of anilines is 6. The first kappa shape index (κ1) is 43.0. The molecule has 0 bridgehead atoms. The molecule has 0 fully saturated rings. The molecule has 0 radical (unpaired) electrons. The molecule has 0 aliphatic carbocycles. The molecule has 0 atom stereocenters. The van der Waals surface area contributed by atoms with Gasteiger partial charge in [0, 0.05) is 58.5 Å². The number of nitrogens with zero attached hydrogens (tertiary/aromatic N) is 2. The molecule has 2 nitrogen and oxygen atoms in total. The van der Waals surface area contributed by atoms with Gasteiger partial charge < -0.3 is 9.80 Å². The standard InChI is InChI=1S/C62H56N2S2Si2/c1-62(2,3)41-36-39-24-34-50-54(63(42-26-30-44(31-27-42)67(4,5)6)52-20-14-18-48-46-16-10-12-22-56(46)65-60(48)52)38-55(51-35-25-40(37-41)58(39)59(50)51)64(43-28-32-45(33-29-43)68(7,8)9)53-21-15-19-49-47-17-11-13-23-57(47)66-61(49)53/h10-38H,1-9H3. The molecule has 12 aromatic rings. The Hall–Kier alpha value is -6.29. The Bertz CT molecular complexity index is 3670. The lowest BCUT2D eigenvalue weighted by molar-refractivity contribution is 0.591. The minimum Gasteiger partial charge on any atom is -0.308 e. The monoisotopic (exact) mass is 948 g/mol. The fraction of sp³-hybridized carbons (Fsp3) is 0.161. The molecule has 0 saturated heterocycles. The van der Waals surface area contributed by atoms with Crippen LogP contribution in [0.15, 0.2) is 176 Å². The summed E-state index contributed by atoms with van der Waals surface area (Å²) in [6.07, 6.45) is 0. The van der Waals surface area contributed by atoms with Gasteiger partial charge in [0.2, 0.25) is 0 Å². The van der Waals surface area contributed by atoms with Gasteiger partial charge in [0.25, 0.3) is 0 Å². The number of hydrogen-bond donors (Lipinski definition) is 0. The maximum Gasteiger partial charge on any atom is 0.0775 e. The summed E-state index contributed by atoms with van der Waals surface area (Å²) in [5, 5.41) is 15.8. The fourth-order valence-electron chi connectivity index (χ4n) is 10.5. The maximum absolute atomic E-state index is 2.59. The topological polar surface area (TPSA) is 6.48 Å². The van der Waals surface area contributed by atoms with E-state index in [1.807, 2.05) is 22.7 Å². The summed E-state index contributed by atoms with van der Waals surface area (Å²) in [5.74, 6) is 0. The molecular formula is C62H56N2S2Si2. The lowest BCUT2D eigenvalue weighted by Gasteiger charge is -2.33. The van der Waals surface area contributed by atoms with Gasteiger partial charge in [-0.25, -0.2) is 0 Å². The molecule has 12 rings (SSSR count). The molecule has 0 aliphatic heterocycles. The zero-order valence-corrected chi connectivity index (χ0v) is 44.1. The number of benzene rings is 10. The predicted molar refractivity (Wildman–Crippen MR) is 310 cm³/mol. The van der Waals surface area contributed by atoms with Crippen molar-refractivity contribution < 1.29 is 0 Å². The largest absolute Gasteiger partial charge is 0.308 e. The summed E-state index contributed by atoms with van der Waals surface area (Å²) >= 11 is 3.80. The van der Waals surface area contributed by atoms with Gasteiger partial charge in [0.05, 0.1) is 48.3 Å². The molecule has 0 spiro atoms. The quantitative estimate of drug-likeness (QED) is 0.111. The zero-order valence-electron chi connectivity index (χ0n) is 40.5. The third-order valence-electron chi connectivity index (χ3n) is 14.3. The molecule has 0 aliphatic rings. The minimum atomic E-state index is -1.59. The molecule has 10 aromatic carbocycles. The van der Waals surface area contributed by atoms with E-state index in [2.05, 4.69) is 246 Å². The predicted octanol–water partition coefficient (Wildman–Crippen LogP) is 18.6. The highest BCUT2D eigenvalue weighted by molar-refractivity contribution is 7.26. The summed E-state index contributed by atoms with van der Waals surface area (Å²) in [6, 6.07) is 67.8. The summed E-state index contributed by atoms with van der Waals surface area (Å²) in [5.41, 5.74) is 8.39. The van der Waals surface area contributed by atoms with Crippen LogP contribution < -0.4 is 20.2 Å². The third-order valence-corrected chi connectivity index (χ3v) is 20.8. The number of hydrogen-bond acceptors (Lipinski definition) is 4. The normalized spacial score (nSPS) is 12.8.